The number of hydrogen-bond donors (Lipinski definition) is 1. The lowest BCUT2D eigenvalue weighted by Gasteiger charge is -2.00. The second kappa shape index (κ2) is 5.53. The Hall–Kier alpha value is -2.41. The fraction of sp³-hybridized carbons (Fsp3) is 0.214. The van der Waals surface area contributed by atoms with Gasteiger partial charge in [0.25, 0.3) is 5.91 Å². The lowest BCUT2D eigenvalue weighted by atomic mass is 10.2. The fourth-order valence-electron chi connectivity index (χ4n) is 2.01. The highest BCUT2D eigenvalue weighted by Gasteiger charge is 2.14. The number of rotatable bonds is 4. The van der Waals surface area contributed by atoms with Gasteiger partial charge in [0.15, 0.2) is 11.5 Å². The van der Waals surface area contributed by atoms with Crippen LogP contribution in [0.4, 0.5) is 0 Å². The third-order valence-corrected chi connectivity index (χ3v) is 3.95. The van der Waals surface area contributed by atoms with Crippen LogP contribution >= 0.6 is 11.3 Å². The summed E-state index contributed by atoms with van der Waals surface area (Å²) in [5.41, 5.74) is 2.16. The van der Waals surface area contributed by atoms with Crippen LogP contribution in [-0.4, -0.2) is 20.8 Å². The highest BCUT2D eigenvalue weighted by Crippen LogP contribution is 2.25. The van der Waals surface area contributed by atoms with Crippen LogP contribution in [0.1, 0.15) is 21.7 Å². The van der Waals surface area contributed by atoms with Crippen LogP contribution in [0.25, 0.3) is 10.6 Å². The molecule has 0 spiro atoms. The summed E-state index contributed by atoms with van der Waals surface area (Å²) in [6.07, 6.45) is 1.88. The number of nitrogens with zero attached hydrogens (tertiary/aromatic N) is 3. The third kappa shape index (κ3) is 2.87. The van der Waals surface area contributed by atoms with Crippen molar-refractivity contribution >= 4 is 17.2 Å². The van der Waals surface area contributed by atoms with Crippen LogP contribution in [-0.2, 0) is 13.6 Å². The maximum atomic E-state index is 12.1. The molecule has 1 N–H and O–H groups in total. The number of amides is 1. The number of aromatic nitrogens is 3. The van der Waals surface area contributed by atoms with E-state index in [4.69, 9.17) is 4.52 Å². The molecule has 108 valence electrons. The first kappa shape index (κ1) is 13.6. The average molecular weight is 302 g/mol. The van der Waals surface area contributed by atoms with E-state index in [1.165, 1.54) is 11.3 Å². The van der Waals surface area contributed by atoms with Crippen molar-refractivity contribution in [3.8, 4) is 10.6 Å². The van der Waals surface area contributed by atoms with Gasteiger partial charge in [0.2, 0.25) is 0 Å². The predicted octanol–water partition coefficient (Wildman–Crippen LogP) is 2.38. The smallest absolute Gasteiger partial charge is 0.273 e. The van der Waals surface area contributed by atoms with Crippen molar-refractivity contribution in [1.29, 1.82) is 0 Å². The zero-order valence-corrected chi connectivity index (χ0v) is 12.5. The van der Waals surface area contributed by atoms with E-state index in [-0.39, 0.29) is 11.6 Å². The van der Waals surface area contributed by atoms with Crippen LogP contribution in [0, 0.1) is 6.92 Å². The zero-order valence-electron chi connectivity index (χ0n) is 11.7. The minimum Gasteiger partial charge on any atom is -0.355 e. The van der Waals surface area contributed by atoms with Crippen molar-refractivity contribution in [3.05, 3.63) is 46.7 Å². The molecule has 0 aliphatic rings. The molecule has 6 nitrogen and oxygen atoms in total. The molecule has 0 radical (unpaired) electrons. The van der Waals surface area contributed by atoms with Gasteiger partial charge in [-0.05, 0) is 18.4 Å². The van der Waals surface area contributed by atoms with Gasteiger partial charge in [0, 0.05) is 31.4 Å². The SMILES string of the molecule is Cc1nn(C)cc1CNC(=O)c1cc(-c2cccs2)on1. The molecule has 0 saturated carbocycles. The minimum atomic E-state index is -0.259. The van der Waals surface area contributed by atoms with Crippen molar-refractivity contribution in [3.63, 3.8) is 0 Å². The Morgan fingerprint density at radius 1 is 1.52 bits per heavy atom. The molecule has 0 atom stereocenters. The molecular weight excluding hydrogens is 288 g/mol. The molecule has 7 heteroatoms. The number of carbonyl (C=O) groups excluding carboxylic acids is 1. The molecule has 0 aromatic carbocycles. The first-order chi connectivity index (χ1) is 10.1. The fourth-order valence-corrected chi connectivity index (χ4v) is 2.68. The Morgan fingerprint density at radius 2 is 2.38 bits per heavy atom. The van der Waals surface area contributed by atoms with Gasteiger partial charge in [-0.15, -0.1) is 11.3 Å². The molecule has 3 aromatic rings. The largest absolute Gasteiger partial charge is 0.355 e. The quantitative estimate of drug-likeness (QED) is 0.803. The summed E-state index contributed by atoms with van der Waals surface area (Å²) >= 11 is 1.54. The molecule has 0 saturated heterocycles. The Bertz CT molecular complexity index is 758. The number of nitrogens with one attached hydrogen (secondary N) is 1. The standard InChI is InChI=1S/C14H14N4O2S/c1-9-10(8-18(2)16-9)7-15-14(19)11-6-12(20-17-11)13-4-3-5-21-13/h3-6,8H,7H2,1-2H3,(H,15,19). The highest BCUT2D eigenvalue weighted by molar-refractivity contribution is 7.13. The van der Waals surface area contributed by atoms with Crippen molar-refractivity contribution in [2.24, 2.45) is 7.05 Å². The third-order valence-electron chi connectivity index (χ3n) is 3.06. The Morgan fingerprint density at radius 3 is 3.05 bits per heavy atom. The lowest BCUT2D eigenvalue weighted by Crippen LogP contribution is -2.23. The second-order valence-corrected chi connectivity index (χ2v) is 5.60. The molecule has 3 aromatic heterocycles. The molecule has 0 fully saturated rings. The van der Waals surface area contributed by atoms with E-state index >= 15 is 0 Å². The van der Waals surface area contributed by atoms with Gasteiger partial charge in [0.1, 0.15) is 0 Å². The second-order valence-electron chi connectivity index (χ2n) is 4.65. The molecule has 21 heavy (non-hydrogen) atoms. The average Bonchev–Trinajstić information content (AvgIpc) is 3.16. The van der Waals surface area contributed by atoms with Crippen molar-refractivity contribution in [1.82, 2.24) is 20.3 Å². The topological polar surface area (TPSA) is 73.0 Å². The molecule has 0 bridgehead atoms. The normalized spacial score (nSPS) is 10.8. The molecule has 1 amide bonds. The summed E-state index contributed by atoms with van der Waals surface area (Å²) in [7, 11) is 1.85. The van der Waals surface area contributed by atoms with E-state index in [1.54, 1.807) is 10.7 Å². The van der Waals surface area contributed by atoms with Crippen molar-refractivity contribution < 1.29 is 9.32 Å². The van der Waals surface area contributed by atoms with Crippen LogP contribution in [0.2, 0.25) is 0 Å². The number of hydrogen-bond acceptors (Lipinski definition) is 5. The van der Waals surface area contributed by atoms with E-state index in [2.05, 4.69) is 15.6 Å². The Balaban J connectivity index is 1.67. The number of aryl methyl sites for hydroxylation is 2. The summed E-state index contributed by atoms with van der Waals surface area (Å²) in [4.78, 5) is 13.0. The summed E-state index contributed by atoms with van der Waals surface area (Å²) in [5.74, 6) is 0.345. The van der Waals surface area contributed by atoms with E-state index in [0.29, 0.717) is 12.3 Å². The first-order valence-electron chi connectivity index (χ1n) is 6.41. The highest BCUT2D eigenvalue weighted by atomic mass is 32.1. The summed E-state index contributed by atoms with van der Waals surface area (Å²) in [6.45, 7) is 2.33. The van der Waals surface area contributed by atoms with Gasteiger partial charge in [-0.2, -0.15) is 5.10 Å². The predicted molar refractivity (Wildman–Crippen MR) is 78.9 cm³/mol. The minimum absolute atomic E-state index is 0.259. The van der Waals surface area contributed by atoms with Gasteiger partial charge < -0.3 is 9.84 Å². The molecule has 3 rings (SSSR count). The zero-order chi connectivity index (χ0) is 14.8. The van der Waals surface area contributed by atoms with Gasteiger partial charge >= 0.3 is 0 Å². The van der Waals surface area contributed by atoms with Crippen LogP contribution in [0.15, 0.2) is 34.3 Å². The first-order valence-corrected chi connectivity index (χ1v) is 7.29. The molecule has 0 unspecified atom stereocenters. The lowest BCUT2D eigenvalue weighted by molar-refractivity contribution is 0.0942. The summed E-state index contributed by atoms with van der Waals surface area (Å²) < 4.78 is 6.92. The van der Waals surface area contributed by atoms with Gasteiger partial charge in [-0.1, -0.05) is 11.2 Å². The Labute approximate surface area is 125 Å². The van der Waals surface area contributed by atoms with Crippen molar-refractivity contribution in [2.75, 3.05) is 0 Å². The van der Waals surface area contributed by atoms with E-state index in [0.717, 1.165) is 16.1 Å². The van der Waals surface area contributed by atoms with Crippen molar-refractivity contribution in [2.45, 2.75) is 13.5 Å². The molecule has 0 aliphatic carbocycles. The van der Waals surface area contributed by atoms with E-state index in [9.17, 15) is 4.79 Å². The maximum absolute atomic E-state index is 12.1. The molecular formula is C14H14N4O2S. The van der Waals surface area contributed by atoms with Crippen LogP contribution < -0.4 is 5.32 Å². The summed E-state index contributed by atoms with van der Waals surface area (Å²) in [5, 5.41) is 12.8. The van der Waals surface area contributed by atoms with E-state index in [1.807, 2.05) is 37.7 Å². The molecule has 0 aliphatic heterocycles. The van der Waals surface area contributed by atoms with Crippen LogP contribution in [0.3, 0.4) is 0 Å². The van der Waals surface area contributed by atoms with Gasteiger partial charge in [0.05, 0.1) is 10.6 Å². The van der Waals surface area contributed by atoms with Gasteiger partial charge in [-0.25, -0.2) is 0 Å². The molecule has 3 heterocycles. The van der Waals surface area contributed by atoms with E-state index < -0.39 is 0 Å². The van der Waals surface area contributed by atoms with Crippen LogP contribution in [0.5, 0.6) is 0 Å². The number of carbonyl (C=O) groups is 1. The maximum Gasteiger partial charge on any atom is 0.273 e. The number of thiophene rings is 1. The summed E-state index contributed by atoms with van der Waals surface area (Å²) in [6, 6.07) is 5.50. The monoisotopic (exact) mass is 302 g/mol. The Kier molecular flexibility index (Phi) is 3.57. The van der Waals surface area contributed by atoms with Gasteiger partial charge in [-0.3, -0.25) is 9.48 Å².